The smallest absolute Gasteiger partial charge is 0.338 e. The predicted octanol–water partition coefficient (Wildman–Crippen LogP) is 7.20. The Morgan fingerprint density at radius 1 is 0.373 bits per heavy atom. The van der Waals surface area contributed by atoms with E-state index in [4.69, 9.17) is 52.2 Å². The number of benzene rings is 6. The molecule has 5 aliphatic rings. The first-order valence-electron chi connectivity index (χ1n) is 46.1. The Morgan fingerprint density at radius 2 is 0.709 bits per heavy atom. The van der Waals surface area contributed by atoms with Crippen molar-refractivity contribution in [3.63, 3.8) is 0 Å². The zero-order valence-electron chi connectivity index (χ0n) is 76.8. The lowest BCUT2D eigenvalue weighted by Crippen LogP contribution is -2.36. The predicted molar refractivity (Wildman–Crippen MR) is 516 cm³/mol. The number of hydrogen-bond acceptors (Lipinski definition) is 25. The van der Waals surface area contributed by atoms with E-state index in [1.807, 2.05) is 127 Å². The number of imide groups is 1. The van der Waals surface area contributed by atoms with Crippen molar-refractivity contribution in [1.29, 1.82) is 0 Å². The normalized spacial score (nSPS) is 16.8. The first-order chi connectivity index (χ1) is 65.4. The van der Waals surface area contributed by atoms with Gasteiger partial charge in [0.2, 0.25) is 17.7 Å². The molecule has 11 amide bonds. The lowest BCUT2D eigenvalue weighted by Gasteiger charge is -2.22. The zero-order chi connectivity index (χ0) is 95.1. The SMILES string of the molecule is CCCCCNC(=O)c1ccc(C(=O)OC)c(P(c2ccccc2)c2ccccc2)c1.COC(=O)c1ccc(C(=O)NCCCCNC(=O)CCOCCOCCOCCOCCNC(=O)CCCCC2SCC3NC(=O)NC32)cc1P(c1ccccc1)c1ccccc1.O=C(CCCCC1SCC2NC(=O)NC21)NCCOCCOCCOCCOCCC(=O)ON1C(=O)CCC1=O. The molecule has 0 bridgehead atoms. The van der Waals surface area contributed by atoms with E-state index in [2.05, 4.69) is 79.0 Å². The Bertz CT molecular complexity index is 4530. The highest BCUT2D eigenvalue weighted by Crippen LogP contribution is 2.38. The van der Waals surface area contributed by atoms with Crippen LogP contribution in [0.3, 0.4) is 0 Å². The third kappa shape index (κ3) is 38.3. The van der Waals surface area contributed by atoms with Gasteiger partial charge in [-0.1, -0.05) is 154 Å². The number of fused-ring (bicyclic) bond motifs is 2. The second kappa shape index (κ2) is 62.6. The van der Waals surface area contributed by atoms with Gasteiger partial charge >= 0.3 is 30.0 Å². The summed E-state index contributed by atoms with van der Waals surface area (Å²) in [6.45, 7) is 10.5. The van der Waals surface area contributed by atoms with Crippen LogP contribution in [-0.2, 0) is 81.0 Å². The van der Waals surface area contributed by atoms with Gasteiger partial charge in [0.25, 0.3) is 23.6 Å². The zero-order valence-corrected chi connectivity index (χ0v) is 80.2. The number of amides is 11. The summed E-state index contributed by atoms with van der Waals surface area (Å²) in [5.41, 5.74) is 1.93. The van der Waals surface area contributed by atoms with Crippen molar-refractivity contribution < 1.29 is 110 Å². The van der Waals surface area contributed by atoms with E-state index in [-0.39, 0.29) is 111 Å². The molecule has 5 aliphatic heterocycles. The number of esters is 2. The van der Waals surface area contributed by atoms with Gasteiger partial charge in [-0.15, -0.1) is 5.06 Å². The number of carbonyl (C=O) groups is 12. The lowest BCUT2D eigenvalue weighted by molar-refractivity contribution is -0.198. The fourth-order valence-electron chi connectivity index (χ4n) is 14.9. The Labute approximate surface area is 795 Å². The van der Waals surface area contributed by atoms with Gasteiger partial charge in [-0.3, -0.25) is 33.6 Å². The Morgan fingerprint density at radius 3 is 1.08 bits per heavy atom. The van der Waals surface area contributed by atoms with Crippen LogP contribution < -0.4 is 79.7 Å². The molecule has 728 valence electrons. The van der Waals surface area contributed by atoms with Crippen LogP contribution in [0.25, 0.3) is 0 Å². The van der Waals surface area contributed by atoms with E-state index in [0.717, 1.165) is 101 Å². The number of nitrogens with zero attached hydrogens (tertiary/aromatic N) is 1. The molecule has 0 spiro atoms. The number of nitrogens with one attached hydrogen (secondary N) is 9. The molecule has 0 aliphatic carbocycles. The molecule has 6 unspecified atom stereocenters. The summed E-state index contributed by atoms with van der Waals surface area (Å²) in [7, 11) is 0.543. The number of ether oxygens (including phenoxy) is 10. The molecular formula is C97H130N10O23P2S2. The van der Waals surface area contributed by atoms with E-state index in [9.17, 15) is 57.5 Å². The van der Waals surface area contributed by atoms with Gasteiger partial charge in [0.05, 0.1) is 162 Å². The molecule has 33 nitrogen and oxygen atoms in total. The second-order valence-electron chi connectivity index (χ2n) is 31.6. The quantitative estimate of drug-likeness (QED) is 0.00599. The maximum absolute atomic E-state index is 13.2. The van der Waals surface area contributed by atoms with Gasteiger partial charge in [0.15, 0.2) is 0 Å². The van der Waals surface area contributed by atoms with E-state index in [0.29, 0.717) is 182 Å². The van der Waals surface area contributed by atoms with Crippen LogP contribution in [0.4, 0.5) is 9.59 Å². The van der Waals surface area contributed by atoms with Crippen molar-refractivity contribution in [2.24, 2.45) is 0 Å². The maximum Gasteiger partial charge on any atom is 0.338 e. The number of methoxy groups -OCH3 is 2. The number of carbonyl (C=O) groups excluding carboxylic acids is 12. The fourth-order valence-corrected chi connectivity index (χ4v) is 22.9. The molecule has 6 aromatic rings. The highest BCUT2D eigenvalue weighted by atomic mass is 32.2. The standard InChI is InChI=1S/C46H62N5O10PS.C26H28NO3P.C25H40N4O10S/c1-57-45(55)37-19-18-34(32-39(37)62(35-12-4-2-5-13-35)36-14-6-3-7-15-36)44(54)49-22-11-10-21-47-42(53)20-24-58-26-28-60-30-31-61-29-27-59-25-23-48-41(52)17-9-8-16-40-43-38(33-63-40)50-46(56)51-43;1-3-4-11-18-27-25(28)20-16-17-23(26(29)30-2)24(19-20)31(21-12-7-5-8-13-21)22-14-9-6-10-15-22;30-20(4-2-1-3-19-24-18(17-40-19)27-25(34)28-24)26-8-10-36-12-14-38-16-15-37-13-11-35-9-7-23(33)39-29-21(31)5-6-22(29)32/h2-7,12-15,18-19,32,38,40,43H,8-11,16-17,20-31,33H2,1H3,(H,47,53)(H,48,52)(H,49,54)(H2,50,51,56);5-10,12-17,19H,3-4,11,18H2,1-2H3,(H,27,28);18-19,24H,1-17H2,(H,26,30)(H2,27,28,34). The first-order valence-corrected chi connectivity index (χ1v) is 50.9. The van der Waals surface area contributed by atoms with Gasteiger partial charge in [0, 0.05) is 109 Å². The van der Waals surface area contributed by atoms with Crippen molar-refractivity contribution in [3.8, 4) is 0 Å². The second-order valence-corrected chi connectivity index (χ2v) is 38.5. The van der Waals surface area contributed by atoms with Crippen molar-refractivity contribution in [3.05, 3.63) is 180 Å². The average molecular weight is 1930 g/mol. The van der Waals surface area contributed by atoms with Crippen molar-refractivity contribution in [1.82, 2.24) is 52.9 Å². The summed E-state index contributed by atoms with van der Waals surface area (Å²) in [5.74, 6) is -1.11. The molecule has 0 saturated carbocycles. The van der Waals surface area contributed by atoms with Gasteiger partial charge < -0.3 is 100 Å². The van der Waals surface area contributed by atoms with Crippen LogP contribution in [-0.4, -0.2) is 275 Å². The minimum atomic E-state index is -1.15. The molecule has 0 aromatic heterocycles. The number of thioether (sulfide) groups is 2. The van der Waals surface area contributed by atoms with Crippen LogP contribution in [0.5, 0.6) is 0 Å². The molecular weight excluding hydrogens is 1800 g/mol. The van der Waals surface area contributed by atoms with Crippen LogP contribution >= 0.6 is 39.4 Å². The maximum atomic E-state index is 13.2. The number of urea groups is 2. The van der Waals surface area contributed by atoms with E-state index in [1.165, 1.54) is 14.2 Å². The molecule has 5 saturated heterocycles. The molecule has 6 atom stereocenters. The third-order valence-electron chi connectivity index (χ3n) is 21.8. The molecule has 11 rings (SSSR count). The highest BCUT2D eigenvalue weighted by Gasteiger charge is 2.44. The lowest BCUT2D eigenvalue weighted by atomic mass is 10.0. The molecule has 0 radical (unpaired) electrons. The van der Waals surface area contributed by atoms with Gasteiger partial charge in [0.1, 0.15) is 0 Å². The van der Waals surface area contributed by atoms with Crippen molar-refractivity contribution in [2.75, 3.05) is 164 Å². The topological polar surface area (TPSA) is 418 Å². The number of hydrogen-bond donors (Lipinski definition) is 9. The monoisotopic (exact) mass is 1930 g/mol. The molecule has 134 heavy (non-hydrogen) atoms. The van der Waals surface area contributed by atoms with Crippen molar-refractivity contribution in [2.45, 2.75) is 151 Å². The first kappa shape index (κ1) is 108. The van der Waals surface area contributed by atoms with E-state index >= 15 is 0 Å². The number of rotatable bonds is 60. The van der Waals surface area contributed by atoms with Gasteiger partial charge in [-0.2, -0.15) is 23.5 Å². The van der Waals surface area contributed by atoms with Crippen LogP contribution in [0, 0.1) is 0 Å². The highest BCUT2D eigenvalue weighted by molar-refractivity contribution is 8.00. The fraction of sp³-hybridized carbons (Fsp3) is 0.505. The van der Waals surface area contributed by atoms with Crippen molar-refractivity contribution >= 4 is 143 Å². The number of hydroxylamine groups is 2. The van der Waals surface area contributed by atoms with Gasteiger partial charge in [-0.05, 0) is 118 Å². The minimum absolute atomic E-state index is 0.0174. The third-order valence-corrected chi connectivity index (χ3v) is 29.8. The minimum Gasteiger partial charge on any atom is -0.465 e. The summed E-state index contributed by atoms with van der Waals surface area (Å²) in [5, 5.41) is 33.7. The summed E-state index contributed by atoms with van der Waals surface area (Å²) in [6, 6.07) is 51.2. The Hall–Kier alpha value is -10.00. The molecule has 37 heteroatoms. The summed E-state index contributed by atoms with van der Waals surface area (Å²) in [6.07, 6.45) is 11.3. The summed E-state index contributed by atoms with van der Waals surface area (Å²) in [4.78, 5) is 150. The molecule has 5 heterocycles. The Kier molecular flexibility index (Phi) is 50.3. The van der Waals surface area contributed by atoms with Gasteiger partial charge in [-0.25, -0.2) is 24.0 Å². The van der Waals surface area contributed by atoms with Crippen LogP contribution in [0.1, 0.15) is 158 Å². The van der Waals surface area contributed by atoms with E-state index < -0.39 is 45.6 Å². The molecule has 5 fully saturated rings. The largest absolute Gasteiger partial charge is 0.465 e. The van der Waals surface area contributed by atoms with E-state index in [1.54, 1.807) is 30.3 Å². The number of unbranched alkanes of at least 4 members (excludes halogenated alkanes) is 5. The average Bonchev–Trinajstić information content (AvgIpc) is 1.38. The summed E-state index contributed by atoms with van der Waals surface area (Å²) >= 11 is 3.78. The van der Waals surface area contributed by atoms with Crippen LogP contribution in [0.15, 0.2) is 158 Å². The van der Waals surface area contributed by atoms with Crippen LogP contribution in [0.2, 0.25) is 0 Å². The summed E-state index contributed by atoms with van der Waals surface area (Å²) < 4.78 is 53.7. The Balaban J connectivity index is 0.000000243. The molecule has 9 N–H and O–H groups in total. The molecule has 6 aromatic carbocycles.